The van der Waals surface area contributed by atoms with Gasteiger partial charge < -0.3 is 25.4 Å². The molecule has 0 spiro atoms. The van der Waals surface area contributed by atoms with E-state index in [9.17, 15) is 18.0 Å². The lowest BCUT2D eigenvalue weighted by molar-refractivity contribution is -0.137. The molecule has 0 radical (unpaired) electrons. The topological polar surface area (TPSA) is 101 Å². The van der Waals surface area contributed by atoms with Gasteiger partial charge in [-0.05, 0) is 68.1 Å². The molecule has 0 atom stereocenters. The summed E-state index contributed by atoms with van der Waals surface area (Å²) in [5.74, 6) is 1.33. The van der Waals surface area contributed by atoms with E-state index in [0.717, 1.165) is 37.8 Å². The minimum atomic E-state index is -4.43. The van der Waals surface area contributed by atoms with Gasteiger partial charge in [0.1, 0.15) is 22.8 Å². The molecule has 9 heteroatoms. The van der Waals surface area contributed by atoms with E-state index < -0.39 is 11.7 Å². The molecule has 0 saturated carbocycles. The summed E-state index contributed by atoms with van der Waals surface area (Å²) < 4.78 is 55.6. The number of nitrogens with two attached hydrogens (primary N) is 2. The molecule has 0 saturated heterocycles. The lowest BCUT2D eigenvalue weighted by Crippen LogP contribution is -2.04. The normalized spacial score (nSPS) is 11.5. The smallest absolute Gasteiger partial charge is 0.416 e. The Morgan fingerprint density at radius 2 is 1.49 bits per heavy atom. The van der Waals surface area contributed by atoms with Crippen molar-refractivity contribution < 1.29 is 27.1 Å². The number of benzene rings is 3. The predicted octanol–water partition coefficient (Wildman–Crippen LogP) is 6.66. The first-order chi connectivity index (χ1) is 17.7. The summed E-state index contributed by atoms with van der Waals surface area (Å²) in [5.41, 5.74) is 12.4. The molecular formula is C28H27F3N2O4. The van der Waals surface area contributed by atoms with E-state index in [1.165, 1.54) is 18.2 Å². The van der Waals surface area contributed by atoms with Crippen LogP contribution in [0.25, 0.3) is 22.3 Å². The lowest BCUT2D eigenvalue weighted by atomic mass is 10.1. The first kappa shape index (κ1) is 25.9. The molecule has 1 aromatic heterocycles. The zero-order valence-corrected chi connectivity index (χ0v) is 20.0. The predicted molar refractivity (Wildman–Crippen MR) is 138 cm³/mol. The van der Waals surface area contributed by atoms with Crippen molar-refractivity contribution in [1.29, 1.82) is 0 Å². The van der Waals surface area contributed by atoms with Crippen LogP contribution in [0.4, 0.5) is 24.5 Å². The van der Waals surface area contributed by atoms with Crippen LogP contribution in [0.1, 0.15) is 31.2 Å². The summed E-state index contributed by atoms with van der Waals surface area (Å²) in [5, 5.41) is 0.339. The van der Waals surface area contributed by atoms with Gasteiger partial charge in [0.2, 0.25) is 0 Å². The highest BCUT2D eigenvalue weighted by atomic mass is 19.4. The van der Waals surface area contributed by atoms with Crippen molar-refractivity contribution >= 4 is 22.3 Å². The van der Waals surface area contributed by atoms with E-state index >= 15 is 0 Å². The average Bonchev–Trinajstić information content (AvgIpc) is 2.87. The lowest BCUT2D eigenvalue weighted by Gasteiger charge is -2.10. The van der Waals surface area contributed by atoms with Gasteiger partial charge in [-0.2, -0.15) is 13.2 Å². The minimum absolute atomic E-state index is 0.197. The first-order valence-corrected chi connectivity index (χ1v) is 11.9. The highest BCUT2D eigenvalue weighted by molar-refractivity contribution is 5.80. The van der Waals surface area contributed by atoms with Gasteiger partial charge in [0.15, 0.2) is 5.43 Å². The van der Waals surface area contributed by atoms with Gasteiger partial charge in [-0.3, -0.25) is 4.79 Å². The van der Waals surface area contributed by atoms with Crippen LogP contribution in [0.15, 0.2) is 75.9 Å². The van der Waals surface area contributed by atoms with Crippen LogP contribution >= 0.6 is 0 Å². The quantitative estimate of drug-likeness (QED) is 0.182. The Morgan fingerprint density at radius 1 is 0.784 bits per heavy atom. The molecule has 4 rings (SSSR count). The van der Waals surface area contributed by atoms with Gasteiger partial charge in [0, 0.05) is 23.4 Å². The van der Waals surface area contributed by atoms with Gasteiger partial charge in [0.05, 0.1) is 29.9 Å². The fourth-order valence-corrected chi connectivity index (χ4v) is 3.80. The number of hydrogen-bond acceptors (Lipinski definition) is 6. The maximum atomic E-state index is 12.8. The molecule has 37 heavy (non-hydrogen) atoms. The van der Waals surface area contributed by atoms with Crippen LogP contribution in [0.5, 0.6) is 11.5 Å². The van der Waals surface area contributed by atoms with Gasteiger partial charge in [-0.25, -0.2) is 0 Å². The fourth-order valence-electron chi connectivity index (χ4n) is 3.80. The van der Waals surface area contributed by atoms with Crippen LogP contribution in [-0.4, -0.2) is 13.2 Å². The van der Waals surface area contributed by atoms with Crippen LogP contribution in [0.2, 0.25) is 0 Å². The number of fused-ring (bicyclic) bond motifs is 1. The number of alkyl halides is 3. The molecule has 1 heterocycles. The third-order valence-electron chi connectivity index (χ3n) is 5.80. The molecule has 6 nitrogen and oxygen atoms in total. The van der Waals surface area contributed by atoms with Crippen molar-refractivity contribution in [3.8, 4) is 22.8 Å². The van der Waals surface area contributed by atoms with Gasteiger partial charge in [-0.15, -0.1) is 0 Å². The van der Waals surface area contributed by atoms with E-state index in [2.05, 4.69) is 0 Å². The molecule has 0 aliphatic heterocycles. The Bertz CT molecular complexity index is 1420. The summed E-state index contributed by atoms with van der Waals surface area (Å²) in [7, 11) is 0. The summed E-state index contributed by atoms with van der Waals surface area (Å²) in [6.45, 7) is 1.03. The van der Waals surface area contributed by atoms with E-state index in [-0.39, 0.29) is 11.2 Å². The van der Waals surface area contributed by atoms with Crippen molar-refractivity contribution in [2.75, 3.05) is 24.7 Å². The fraction of sp³-hybridized carbons (Fsp3) is 0.250. The third kappa shape index (κ3) is 6.75. The van der Waals surface area contributed by atoms with Gasteiger partial charge >= 0.3 is 6.18 Å². The molecule has 194 valence electrons. The molecule has 0 aliphatic carbocycles. The largest absolute Gasteiger partial charge is 0.494 e. The second-order valence-electron chi connectivity index (χ2n) is 8.62. The number of rotatable bonds is 10. The molecule has 0 unspecified atom stereocenters. The highest BCUT2D eigenvalue weighted by Gasteiger charge is 2.30. The number of anilines is 2. The van der Waals surface area contributed by atoms with Crippen LogP contribution in [-0.2, 0) is 6.18 Å². The first-order valence-electron chi connectivity index (χ1n) is 11.9. The SMILES string of the molecule is Nc1ccc(N)c(OCCCCCCOc2ccc3oc(-c4ccc(C(F)(F)F)cc4)cc(=O)c3c2)c1. The molecule has 0 bridgehead atoms. The summed E-state index contributed by atoms with van der Waals surface area (Å²) in [6.07, 6.45) is -0.825. The Balaban J connectivity index is 1.26. The molecule has 4 aromatic rings. The van der Waals surface area contributed by atoms with Crippen LogP contribution in [0.3, 0.4) is 0 Å². The van der Waals surface area contributed by atoms with Gasteiger partial charge in [0.25, 0.3) is 0 Å². The standard InChI is InChI=1S/C28H27F3N2O4/c29-28(30,31)19-7-5-18(6-8-19)26-17-24(34)22-16-21(10-12-25(22)37-26)35-13-3-1-2-4-14-36-27-15-20(32)9-11-23(27)33/h5-12,15-17H,1-4,13-14,32-33H2. The zero-order valence-electron chi connectivity index (χ0n) is 20.0. The number of hydrogen-bond donors (Lipinski definition) is 2. The van der Waals surface area contributed by atoms with Crippen molar-refractivity contribution in [3.05, 3.63) is 82.5 Å². The maximum absolute atomic E-state index is 12.8. The molecule has 3 aromatic carbocycles. The van der Waals surface area contributed by atoms with Gasteiger partial charge in [-0.1, -0.05) is 12.1 Å². The summed E-state index contributed by atoms with van der Waals surface area (Å²) in [6, 6.07) is 15.8. The zero-order chi connectivity index (χ0) is 26.4. The Labute approximate surface area is 211 Å². The molecule has 0 amide bonds. The second-order valence-corrected chi connectivity index (χ2v) is 8.62. The molecule has 0 fully saturated rings. The van der Waals surface area contributed by atoms with Crippen molar-refractivity contribution in [3.63, 3.8) is 0 Å². The van der Waals surface area contributed by atoms with Crippen molar-refractivity contribution in [2.24, 2.45) is 0 Å². The molecule has 0 aliphatic rings. The number of ether oxygens (including phenoxy) is 2. The summed E-state index contributed by atoms with van der Waals surface area (Å²) >= 11 is 0. The minimum Gasteiger partial charge on any atom is -0.494 e. The Kier molecular flexibility index (Phi) is 7.91. The van der Waals surface area contributed by atoms with E-state index in [0.29, 0.717) is 52.6 Å². The van der Waals surface area contributed by atoms with Crippen molar-refractivity contribution in [2.45, 2.75) is 31.9 Å². The van der Waals surface area contributed by atoms with E-state index in [1.807, 2.05) is 0 Å². The van der Waals surface area contributed by atoms with Crippen molar-refractivity contribution in [1.82, 2.24) is 0 Å². The second kappa shape index (κ2) is 11.3. The third-order valence-corrected chi connectivity index (χ3v) is 5.80. The average molecular weight is 513 g/mol. The Hall–Kier alpha value is -4.14. The molecular weight excluding hydrogens is 485 g/mol. The van der Waals surface area contributed by atoms with Crippen LogP contribution in [0, 0.1) is 0 Å². The number of halogens is 3. The Morgan fingerprint density at radius 3 is 2.19 bits per heavy atom. The van der Waals surface area contributed by atoms with E-state index in [4.69, 9.17) is 25.4 Å². The maximum Gasteiger partial charge on any atom is 0.416 e. The van der Waals surface area contributed by atoms with E-state index in [1.54, 1.807) is 36.4 Å². The summed E-state index contributed by atoms with van der Waals surface area (Å²) in [4.78, 5) is 12.6. The number of unbranched alkanes of at least 4 members (excludes halogenated alkanes) is 3. The van der Waals surface area contributed by atoms with Crippen LogP contribution < -0.4 is 26.4 Å². The molecule has 4 N–H and O–H groups in total. The highest BCUT2D eigenvalue weighted by Crippen LogP contribution is 2.31. The number of nitrogen functional groups attached to an aromatic ring is 2. The monoisotopic (exact) mass is 512 g/mol.